The highest BCUT2D eigenvalue weighted by atomic mass is 16.4. The number of nitrogens with one attached hydrogen (secondary N) is 2. The van der Waals surface area contributed by atoms with E-state index in [0.717, 1.165) is 6.07 Å². The minimum absolute atomic E-state index is 0.0588. The Balaban J connectivity index is 2.20. The molecule has 0 spiro atoms. The van der Waals surface area contributed by atoms with Gasteiger partial charge in [-0.05, 0) is 25.1 Å². The summed E-state index contributed by atoms with van der Waals surface area (Å²) in [6.07, 6.45) is 0. The van der Waals surface area contributed by atoms with Crippen LogP contribution in [0.5, 0.6) is 5.75 Å². The number of aromatic hydroxyl groups is 1. The predicted octanol–water partition coefficient (Wildman–Crippen LogP) is 0.443. The molecule has 1 heterocycles. The van der Waals surface area contributed by atoms with Gasteiger partial charge in [0.25, 0.3) is 0 Å². The predicted molar refractivity (Wildman–Crippen MR) is 73.3 cm³/mol. The van der Waals surface area contributed by atoms with E-state index in [9.17, 15) is 19.5 Å². The van der Waals surface area contributed by atoms with E-state index < -0.39 is 18.0 Å². The molecular formula is C13H15N3O5. The molecule has 4 N–H and O–H groups in total. The number of phenols is 1. The highest BCUT2D eigenvalue weighted by Crippen LogP contribution is 2.22. The third-order valence-electron chi connectivity index (χ3n) is 3.23. The Morgan fingerprint density at radius 1 is 1.43 bits per heavy atom. The first-order valence-electron chi connectivity index (χ1n) is 6.32. The summed E-state index contributed by atoms with van der Waals surface area (Å²) in [6.45, 7) is 2.26. The largest absolute Gasteiger partial charge is 0.508 e. The van der Waals surface area contributed by atoms with Crippen LogP contribution in [0.1, 0.15) is 17.3 Å². The Labute approximate surface area is 120 Å². The number of phenolic OH excluding ortho intramolecular Hbond substituents is 1. The van der Waals surface area contributed by atoms with Crippen molar-refractivity contribution in [3.8, 4) is 5.75 Å². The summed E-state index contributed by atoms with van der Waals surface area (Å²) < 4.78 is 0. The van der Waals surface area contributed by atoms with Crippen molar-refractivity contribution in [2.24, 2.45) is 0 Å². The van der Waals surface area contributed by atoms with Crippen molar-refractivity contribution in [3.05, 3.63) is 23.8 Å². The van der Waals surface area contributed by atoms with E-state index in [4.69, 9.17) is 5.11 Å². The molecule has 1 aliphatic rings. The topological polar surface area (TPSA) is 119 Å². The van der Waals surface area contributed by atoms with E-state index in [1.807, 2.05) is 0 Å². The quantitative estimate of drug-likeness (QED) is 0.590. The van der Waals surface area contributed by atoms with Crippen LogP contribution in [0, 0.1) is 0 Å². The Hall–Kier alpha value is -2.77. The molecule has 3 amide bonds. The lowest BCUT2D eigenvalue weighted by molar-refractivity contribution is -0.126. The summed E-state index contributed by atoms with van der Waals surface area (Å²) in [6, 6.07) is 2.42. The van der Waals surface area contributed by atoms with Crippen molar-refractivity contribution in [2.45, 2.75) is 13.0 Å². The second-order valence-electron chi connectivity index (χ2n) is 4.63. The van der Waals surface area contributed by atoms with Crippen molar-refractivity contribution in [1.82, 2.24) is 10.2 Å². The molecule has 1 saturated heterocycles. The van der Waals surface area contributed by atoms with Crippen molar-refractivity contribution >= 4 is 23.6 Å². The van der Waals surface area contributed by atoms with Gasteiger partial charge in [0.05, 0.1) is 11.3 Å². The van der Waals surface area contributed by atoms with Crippen molar-refractivity contribution in [3.63, 3.8) is 0 Å². The third kappa shape index (κ3) is 3.04. The van der Waals surface area contributed by atoms with Gasteiger partial charge in [0, 0.05) is 13.1 Å². The lowest BCUT2D eigenvalue weighted by Crippen LogP contribution is -2.56. The first-order valence-corrected chi connectivity index (χ1v) is 6.32. The highest BCUT2D eigenvalue weighted by molar-refractivity contribution is 6.01. The van der Waals surface area contributed by atoms with Crippen LogP contribution in [0.4, 0.5) is 10.5 Å². The number of benzene rings is 1. The standard InChI is InChI=1S/C13H15N3O5/c1-7-11(18)14-4-5-16(7)13(21)15-10-3-2-8(17)6-9(10)12(19)20/h2-3,6-7,17H,4-5H2,1H3,(H,14,18)(H,15,21)(H,19,20). The molecule has 1 aromatic carbocycles. The molecule has 1 atom stereocenters. The van der Waals surface area contributed by atoms with Crippen molar-refractivity contribution < 1.29 is 24.6 Å². The van der Waals surface area contributed by atoms with Gasteiger partial charge in [-0.15, -0.1) is 0 Å². The minimum Gasteiger partial charge on any atom is -0.508 e. The lowest BCUT2D eigenvalue weighted by atomic mass is 10.1. The number of hydrogen-bond donors (Lipinski definition) is 4. The van der Waals surface area contributed by atoms with Gasteiger partial charge < -0.3 is 25.7 Å². The van der Waals surface area contributed by atoms with Crippen molar-refractivity contribution in [2.75, 3.05) is 18.4 Å². The second-order valence-corrected chi connectivity index (χ2v) is 4.63. The van der Waals surface area contributed by atoms with Crippen LogP contribution in [0.25, 0.3) is 0 Å². The molecule has 0 aliphatic carbocycles. The maximum atomic E-state index is 12.2. The van der Waals surface area contributed by atoms with Crippen LogP contribution in [0.15, 0.2) is 18.2 Å². The average molecular weight is 293 g/mol. The Kier molecular flexibility index (Phi) is 3.97. The third-order valence-corrected chi connectivity index (χ3v) is 3.23. The number of aromatic carboxylic acids is 1. The first kappa shape index (κ1) is 14.6. The summed E-state index contributed by atoms with van der Waals surface area (Å²) in [5, 5.41) is 23.5. The summed E-state index contributed by atoms with van der Waals surface area (Å²) in [4.78, 5) is 36.1. The van der Waals surface area contributed by atoms with Gasteiger partial charge in [-0.3, -0.25) is 4.79 Å². The number of urea groups is 1. The van der Waals surface area contributed by atoms with E-state index in [1.165, 1.54) is 17.0 Å². The number of rotatable bonds is 2. The van der Waals surface area contributed by atoms with Crippen LogP contribution in [-0.2, 0) is 4.79 Å². The molecule has 8 nitrogen and oxygen atoms in total. The van der Waals surface area contributed by atoms with E-state index >= 15 is 0 Å². The number of carboxylic acid groups (broad SMARTS) is 1. The lowest BCUT2D eigenvalue weighted by Gasteiger charge is -2.32. The first-order chi connectivity index (χ1) is 9.90. The molecule has 8 heteroatoms. The number of hydrogen-bond acceptors (Lipinski definition) is 4. The minimum atomic E-state index is -1.27. The molecule has 2 rings (SSSR count). The zero-order valence-corrected chi connectivity index (χ0v) is 11.3. The number of nitrogens with zero attached hydrogens (tertiary/aromatic N) is 1. The zero-order valence-electron chi connectivity index (χ0n) is 11.3. The van der Waals surface area contributed by atoms with Crippen LogP contribution >= 0.6 is 0 Å². The van der Waals surface area contributed by atoms with Crippen LogP contribution in [-0.4, -0.2) is 52.2 Å². The molecule has 0 bridgehead atoms. The monoisotopic (exact) mass is 293 g/mol. The van der Waals surface area contributed by atoms with E-state index in [1.54, 1.807) is 6.92 Å². The Morgan fingerprint density at radius 3 is 2.81 bits per heavy atom. The fourth-order valence-electron chi connectivity index (χ4n) is 2.07. The summed E-state index contributed by atoms with van der Waals surface area (Å²) >= 11 is 0. The molecule has 0 saturated carbocycles. The van der Waals surface area contributed by atoms with Gasteiger partial charge in [-0.2, -0.15) is 0 Å². The Bertz CT molecular complexity index is 601. The molecule has 21 heavy (non-hydrogen) atoms. The number of amides is 3. The fourth-order valence-corrected chi connectivity index (χ4v) is 2.07. The van der Waals surface area contributed by atoms with Gasteiger partial charge in [0.15, 0.2) is 0 Å². The number of anilines is 1. The molecule has 1 unspecified atom stereocenters. The average Bonchev–Trinajstić information content (AvgIpc) is 2.43. The second kappa shape index (κ2) is 5.70. The number of piperazine rings is 1. The summed E-state index contributed by atoms with van der Waals surface area (Å²) in [5.74, 6) is -1.75. The maximum absolute atomic E-state index is 12.2. The maximum Gasteiger partial charge on any atom is 0.337 e. The molecule has 0 radical (unpaired) electrons. The van der Waals surface area contributed by atoms with Crippen LogP contribution in [0.3, 0.4) is 0 Å². The molecule has 1 aromatic rings. The van der Waals surface area contributed by atoms with Crippen molar-refractivity contribution in [1.29, 1.82) is 0 Å². The summed E-state index contributed by atoms with van der Waals surface area (Å²) in [7, 11) is 0. The SMILES string of the molecule is CC1C(=O)NCCN1C(=O)Nc1ccc(O)cc1C(=O)O. The molecule has 1 fully saturated rings. The molecule has 112 valence electrons. The fraction of sp³-hybridized carbons (Fsp3) is 0.308. The smallest absolute Gasteiger partial charge is 0.337 e. The number of carbonyl (C=O) groups excluding carboxylic acids is 2. The zero-order chi connectivity index (χ0) is 15.6. The molecular weight excluding hydrogens is 278 g/mol. The van der Waals surface area contributed by atoms with Gasteiger partial charge in [-0.25, -0.2) is 9.59 Å². The van der Waals surface area contributed by atoms with E-state index in [0.29, 0.717) is 13.1 Å². The van der Waals surface area contributed by atoms with Gasteiger partial charge in [0.2, 0.25) is 5.91 Å². The molecule has 0 aromatic heterocycles. The van der Waals surface area contributed by atoms with Gasteiger partial charge in [0.1, 0.15) is 11.8 Å². The normalized spacial score (nSPS) is 18.0. The number of carboxylic acids is 1. The van der Waals surface area contributed by atoms with Crippen LogP contribution in [0.2, 0.25) is 0 Å². The van der Waals surface area contributed by atoms with Crippen LogP contribution < -0.4 is 10.6 Å². The highest BCUT2D eigenvalue weighted by Gasteiger charge is 2.29. The summed E-state index contributed by atoms with van der Waals surface area (Å²) in [5.41, 5.74) is -0.166. The van der Waals surface area contributed by atoms with Gasteiger partial charge in [-0.1, -0.05) is 0 Å². The molecule has 1 aliphatic heterocycles. The van der Waals surface area contributed by atoms with Gasteiger partial charge >= 0.3 is 12.0 Å². The van der Waals surface area contributed by atoms with E-state index in [-0.39, 0.29) is 22.9 Å². The number of carbonyl (C=O) groups is 3. The Morgan fingerprint density at radius 2 is 2.14 bits per heavy atom. The van der Waals surface area contributed by atoms with E-state index in [2.05, 4.69) is 10.6 Å².